The Bertz CT molecular complexity index is 798. The number of rotatable bonds is 4. The first kappa shape index (κ1) is 16.9. The Kier molecular flexibility index (Phi) is 4.77. The summed E-state index contributed by atoms with van der Waals surface area (Å²) in [6.45, 7) is 4.20. The van der Waals surface area contributed by atoms with Crippen molar-refractivity contribution in [1.82, 2.24) is 9.88 Å². The van der Waals surface area contributed by atoms with Gasteiger partial charge in [-0.2, -0.15) is 5.26 Å². The number of ether oxygens (including phenoxy) is 1. The van der Waals surface area contributed by atoms with E-state index in [0.29, 0.717) is 11.6 Å². The number of pyridine rings is 1. The van der Waals surface area contributed by atoms with Crippen LogP contribution in [0.4, 0.5) is 5.82 Å². The lowest BCUT2D eigenvalue weighted by molar-refractivity contribution is 0.167. The smallest absolute Gasteiger partial charge is 0.130 e. The minimum atomic E-state index is 0.489. The zero-order chi connectivity index (χ0) is 17.9. The van der Waals surface area contributed by atoms with Crippen molar-refractivity contribution in [2.45, 2.75) is 25.4 Å². The average molecular weight is 348 g/mol. The zero-order valence-electron chi connectivity index (χ0n) is 15.1. The Labute approximate surface area is 154 Å². The minimum Gasteiger partial charge on any atom is -0.497 e. The monoisotopic (exact) mass is 348 g/mol. The Morgan fingerprint density at radius 2 is 2.00 bits per heavy atom. The van der Waals surface area contributed by atoms with Gasteiger partial charge in [-0.05, 0) is 55.1 Å². The Balaban J connectivity index is 1.46. The van der Waals surface area contributed by atoms with Crippen molar-refractivity contribution in [3.8, 4) is 11.8 Å². The van der Waals surface area contributed by atoms with Crippen LogP contribution in [-0.4, -0.2) is 42.7 Å². The lowest BCUT2D eigenvalue weighted by Gasteiger charge is -2.39. The third-order valence-corrected chi connectivity index (χ3v) is 5.68. The van der Waals surface area contributed by atoms with Crippen LogP contribution in [0.15, 0.2) is 42.6 Å². The number of anilines is 1. The molecule has 5 nitrogen and oxygen atoms in total. The van der Waals surface area contributed by atoms with E-state index < -0.39 is 0 Å². The van der Waals surface area contributed by atoms with E-state index in [0.717, 1.165) is 43.7 Å². The zero-order valence-corrected chi connectivity index (χ0v) is 15.1. The molecule has 0 N–H and O–H groups in total. The van der Waals surface area contributed by atoms with Crippen molar-refractivity contribution in [2.24, 2.45) is 5.92 Å². The second-order valence-electron chi connectivity index (χ2n) is 7.20. The molecule has 0 spiro atoms. The van der Waals surface area contributed by atoms with Crippen LogP contribution in [0.5, 0.6) is 5.75 Å². The maximum Gasteiger partial charge on any atom is 0.130 e. The number of likely N-dealkylation sites (tertiary alicyclic amines) is 1. The van der Waals surface area contributed by atoms with E-state index in [1.165, 1.54) is 18.4 Å². The highest BCUT2D eigenvalue weighted by atomic mass is 16.5. The van der Waals surface area contributed by atoms with E-state index in [-0.39, 0.29) is 0 Å². The first-order valence-electron chi connectivity index (χ1n) is 9.25. The van der Waals surface area contributed by atoms with Gasteiger partial charge in [0.2, 0.25) is 0 Å². The molecule has 2 unspecified atom stereocenters. The van der Waals surface area contributed by atoms with Gasteiger partial charge in [-0.15, -0.1) is 0 Å². The maximum absolute atomic E-state index is 9.17. The van der Waals surface area contributed by atoms with E-state index in [1.807, 2.05) is 18.2 Å². The van der Waals surface area contributed by atoms with Crippen LogP contribution in [0.25, 0.3) is 0 Å². The van der Waals surface area contributed by atoms with E-state index in [4.69, 9.17) is 10.00 Å². The fraction of sp³-hybridized carbons (Fsp3) is 0.429. The first-order chi connectivity index (χ1) is 12.8. The molecule has 1 aromatic heterocycles. The lowest BCUT2D eigenvalue weighted by atomic mass is 9.92. The summed E-state index contributed by atoms with van der Waals surface area (Å²) >= 11 is 0. The molecular weight excluding hydrogens is 324 g/mol. The normalized spacial score (nSPS) is 22.7. The summed E-state index contributed by atoms with van der Waals surface area (Å²) in [5.41, 5.74) is 2.00. The summed E-state index contributed by atoms with van der Waals surface area (Å²) in [6.07, 6.45) is 4.20. The molecule has 0 amide bonds. The van der Waals surface area contributed by atoms with Gasteiger partial charge in [0.25, 0.3) is 0 Å². The summed E-state index contributed by atoms with van der Waals surface area (Å²) in [5.74, 6) is 2.58. The summed E-state index contributed by atoms with van der Waals surface area (Å²) in [5, 5.41) is 9.17. The average Bonchev–Trinajstić information content (AvgIpc) is 3.12. The Hall–Kier alpha value is -2.58. The topological polar surface area (TPSA) is 52.4 Å². The third kappa shape index (κ3) is 3.38. The van der Waals surface area contributed by atoms with Gasteiger partial charge in [0.05, 0.1) is 18.7 Å². The number of hydrogen-bond acceptors (Lipinski definition) is 5. The number of fused-ring (bicyclic) bond motifs is 1. The molecule has 2 atom stereocenters. The molecule has 4 rings (SSSR count). The van der Waals surface area contributed by atoms with Crippen molar-refractivity contribution >= 4 is 5.82 Å². The van der Waals surface area contributed by atoms with Gasteiger partial charge in [-0.1, -0.05) is 12.1 Å². The quantitative estimate of drug-likeness (QED) is 0.850. The van der Waals surface area contributed by atoms with Crippen LogP contribution < -0.4 is 9.64 Å². The second-order valence-corrected chi connectivity index (χ2v) is 7.20. The molecule has 1 aromatic carbocycles. The van der Waals surface area contributed by atoms with Crippen LogP contribution in [0, 0.1) is 17.2 Å². The third-order valence-electron chi connectivity index (χ3n) is 5.68. The second kappa shape index (κ2) is 7.35. The lowest BCUT2D eigenvalue weighted by Crippen LogP contribution is -2.48. The van der Waals surface area contributed by atoms with E-state index in [9.17, 15) is 0 Å². The molecule has 5 heteroatoms. The molecule has 0 radical (unpaired) electrons. The maximum atomic E-state index is 9.17. The van der Waals surface area contributed by atoms with Crippen molar-refractivity contribution in [2.75, 3.05) is 31.6 Å². The SMILES string of the molecule is COc1ccc(CN2CCC3CCN(c4cc(C#N)ccn4)C3C2)cc1. The largest absolute Gasteiger partial charge is 0.497 e. The van der Waals surface area contributed by atoms with E-state index in [2.05, 4.69) is 33.0 Å². The molecule has 2 saturated heterocycles. The summed E-state index contributed by atoms with van der Waals surface area (Å²) in [6, 6.07) is 14.8. The highest BCUT2D eigenvalue weighted by Crippen LogP contribution is 2.35. The van der Waals surface area contributed by atoms with Crippen LogP contribution in [-0.2, 0) is 6.54 Å². The molecule has 2 aliphatic heterocycles. The van der Waals surface area contributed by atoms with Crippen molar-refractivity contribution < 1.29 is 4.74 Å². The van der Waals surface area contributed by atoms with Gasteiger partial charge in [-0.25, -0.2) is 4.98 Å². The van der Waals surface area contributed by atoms with Gasteiger partial charge in [-0.3, -0.25) is 4.90 Å². The molecule has 3 heterocycles. The molecule has 134 valence electrons. The highest BCUT2D eigenvalue weighted by Gasteiger charge is 2.38. The van der Waals surface area contributed by atoms with Crippen LogP contribution in [0.1, 0.15) is 24.0 Å². The van der Waals surface area contributed by atoms with Crippen molar-refractivity contribution in [3.05, 3.63) is 53.7 Å². The number of benzene rings is 1. The minimum absolute atomic E-state index is 0.489. The highest BCUT2D eigenvalue weighted by molar-refractivity contribution is 5.47. The number of methoxy groups -OCH3 is 1. The Morgan fingerprint density at radius 1 is 1.19 bits per heavy atom. The molecule has 26 heavy (non-hydrogen) atoms. The number of nitriles is 1. The van der Waals surface area contributed by atoms with Crippen LogP contribution in [0.3, 0.4) is 0 Å². The Morgan fingerprint density at radius 3 is 2.77 bits per heavy atom. The molecule has 0 saturated carbocycles. The first-order valence-corrected chi connectivity index (χ1v) is 9.25. The number of aromatic nitrogens is 1. The van der Waals surface area contributed by atoms with Gasteiger partial charge in [0.15, 0.2) is 0 Å². The number of piperidine rings is 1. The van der Waals surface area contributed by atoms with E-state index >= 15 is 0 Å². The van der Waals surface area contributed by atoms with Gasteiger partial charge < -0.3 is 9.64 Å². The molecular formula is C21H24N4O. The summed E-state index contributed by atoms with van der Waals surface area (Å²) < 4.78 is 5.25. The van der Waals surface area contributed by atoms with Crippen molar-refractivity contribution in [1.29, 1.82) is 5.26 Å². The fourth-order valence-electron chi connectivity index (χ4n) is 4.27. The predicted octanol–water partition coefficient (Wildman–Crippen LogP) is 3.06. The number of nitrogens with zero attached hydrogens (tertiary/aromatic N) is 4. The predicted molar refractivity (Wildman–Crippen MR) is 101 cm³/mol. The van der Waals surface area contributed by atoms with Crippen LogP contribution in [0.2, 0.25) is 0 Å². The van der Waals surface area contributed by atoms with Crippen molar-refractivity contribution in [3.63, 3.8) is 0 Å². The van der Waals surface area contributed by atoms with Gasteiger partial charge >= 0.3 is 0 Å². The molecule has 0 aliphatic carbocycles. The fourth-order valence-corrected chi connectivity index (χ4v) is 4.27. The standard InChI is InChI=1S/C21H24N4O/c1-26-19-4-2-16(3-5-19)14-24-10-7-18-8-11-25(20(18)15-24)21-12-17(13-22)6-9-23-21/h2-6,9,12,18,20H,7-8,10-11,14-15H2,1H3. The molecule has 0 bridgehead atoms. The van der Waals surface area contributed by atoms with Crippen LogP contribution >= 0.6 is 0 Å². The summed E-state index contributed by atoms with van der Waals surface area (Å²) in [4.78, 5) is 9.48. The van der Waals surface area contributed by atoms with Gasteiger partial charge in [0, 0.05) is 31.9 Å². The molecule has 2 aliphatic rings. The number of hydrogen-bond donors (Lipinski definition) is 0. The summed E-state index contributed by atoms with van der Waals surface area (Å²) in [7, 11) is 1.70. The molecule has 2 aromatic rings. The molecule has 2 fully saturated rings. The van der Waals surface area contributed by atoms with Gasteiger partial charge in [0.1, 0.15) is 11.6 Å². The van der Waals surface area contributed by atoms with E-state index in [1.54, 1.807) is 19.4 Å².